The molecule has 0 bridgehead atoms. The molecule has 1 aromatic carbocycles. The van der Waals surface area contributed by atoms with Gasteiger partial charge in [0.2, 0.25) is 15.9 Å². The normalized spacial score (nSPS) is 21.8. The Kier molecular flexibility index (Phi) is 7.85. The highest BCUT2D eigenvalue weighted by Gasteiger charge is 2.50. The van der Waals surface area contributed by atoms with E-state index in [9.17, 15) is 44.3 Å². The van der Waals surface area contributed by atoms with E-state index in [1.54, 1.807) is 0 Å². The molecule has 204 valence electrons. The summed E-state index contributed by atoms with van der Waals surface area (Å²) in [7, 11) is -3.45. The van der Waals surface area contributed by atoms with Crippen LogP contribution in [0.4, 0.5) is 26.3 Å². The summed E-state index contributed by atoms with van der Waals surface area (Å²) < 4.78 is 109. The molecule has 2 aliphatic rings. The predicted octanol–water partition coefficient (Wildman–Crippen LogP) is 3.47. The number of esters is 1. The van der Waals surface area contributed by atoms with E-state index in [0.29, 0.717) is 11.6 Å². The molecule has 1 aliphatic heterocycles. The minimum Gasteiger partial charge on any atom is -0.465 e. The largest absolute Gasteiger partial charge is 0.465 e. The molecule has 0 spiro atoms. The predicted molar refractivity (Wildman–Crippen MR) is 119 cm³/mol. The third-order valence-corrected chi connectivity index (χ3v) is 8.76. The van der Waals surface area contributed by atoms with E-state index >= 15 is 0 Å². The number of ether oxygens (including phenoxy) is 1. The number of methoxy groups -OCH3 is 1. The van der Waals surface area contributed by atoms with Gasteiger partial charge in [-0.3, -0.25) is 4.79 Å². The van der Waals surface area contributed by atoms with Crippen LogP contribution in [0.1, 0.15) is 24.5 Å². The van der Waals surface area contributed by atoms with Gasteiger partial charge in [-0.2, -0.15) is 30.6 Å². The van der Waals surface area contributed by atoms with Crippen molar-refractivity contribution in [2.75, 3.05) is 33.3 Å². The Morgan fingerprint density at radius 3 is 2.03 bits per heavy atom. The second-order valence-corrected chi connectivity index (χ2v) is 11.3. The molecule has 1 aliphatic carbocycles. The number of nitrogens with zero attached hydrogens (tertiary/aromatic N) is 2. The maximum absolute atomic E-state index is 13.5. The molecule has 14 heteroatoms. The summed E-state index contributed by atoms with van der Waals surface area (Å²) in [5.41, 5.74) is -2.23. The molecular weight excluding hydrogens is 530 g/mol. The summed E-state index contributed by atoms with van der Waals surface area (Å²) in [5.74, 6) is -1.54. The number of carbonyl (C=O) groups excluding carboxylic acids is 2. The summed E-state index contributed by atoms with van der Waals surface area (Å²) >= 11 is 0. The van der Waals surface area contributed by atoms with E-state index in [0.717, 1.165) is 36.5 Å². The Bertz CT molecular complexity index is 1210. The van der Waals surface area contributed by atoms with Gasteiger partial charge < -0.3 is 9.64 Å². The molecule has 37 heavy (non-hydrogen) atoms. The minimum absolute atomic E-state index is 0.0652. The van der Waals surface area contributed by atoms with Gasteiger partial charge in [0.15, 0.2) is 0 Å². The van der Waals surface area contributed by atoms with E-state index in [-0.39, 0.29) is 32.6 Å². The van der Waals surface area contributed by atoms with Crippen LogP contribution < -0.4 is 0 Å². The van der Waals surface area contributed by atoms with Gasteiger partial charge in [0.25, 0.3) is 0 Å². The molecule has 1 fully saturated rings. The monoisotopic (exact) mass is 554 g/mol. The number of sulfonamides is 1. The van der Waals surface area contributed by atoms with E-state index in [1.807, 2.05) is 0 Å². The Morgan fingerprint density at radius 1 is 0.973 bits per heavy atom. The zero-order chi connectivity index (χ0) is 27.8. The van der Waals surface area contributed by atoms with Crippen LogP contribution in [-0.4, -0.2) is 73.7 Å². The van der Waals surface area contributed by atoms with Gasteiger partial charge in [-0.25, -0.2) is 13.2 Å². The van der Waals surface area contributed by atoms with E-state index < -0.39 is 62.1 Å². The van der Waals surface area contributed by atoms with Crippen molar-refractivity contribution < 1.29 is 49.1 Å². The summed E-state index contributed by atoms with van der Waals surface area (Å²) in [4.78, 5) is 25.9. The van der Waals surface area contributed by atoms with Gasteiger partial charge in [-0.15, -0.1) is 0 Å². The quantitative estimate of drug-likeness (QED) is 0.411. The Balaban J connectivity index is 1.71. The Labute approximate surface area is 209 Å². The van der Waals surface area contributed by atoms with Crippen LogP contribution in [0, 0.1) is 0 Å². The van der Waals surface area contributed by atoms with Gasteiger partial charge in [-0.05, 0) is 36.8 Å². The fourth-order valence-corrected chi connectivity index (χ4v) is 6.04. The maximum Gasteiger partial charge on any atom is 0.416 e. The first-order chi connectivity index (χ1) is 17.0. The number of hydrogen-bond acceptors (Lipinski definition) is 5. The molecular formula is C23H24F6N2O5S. The number of benzene rings is 1. The van der Waals surface area contributed by atoms with Crippen LogP contribution in [0.25, 0.3) is 0 Å². The second-order valence-electron chi connectivity index (χ2n) is 8.90. The maximum atomic E-state index is 13.5. The van der Waals surface area contributed by atoms with Crippen molar-refractivity contribution >= 4 is 21.9 Å². The lowest BCUT2D eigenvalue weighted by atomic mass is 9.90. The molecule has 1 saturated heterocycles. The summed E-state index contributed by atoms with van der Waals surface area (Å²) in [5, 5.41) is 0. The molecule has 3 rings (SSSR count). The molecule has 1 heterocycles. The average molecular weight is 555 g/mol. The summed E-state index contributed by atoms with van der Waals surface area (Å²) in [6.07, 6.45) is -8.97. The van der Waals surface area contributed by atoms with E-state index in [2.05, 4.69) is 4.74 Å². The summed E-state index contributed by atoms with van der Waals surface area (Å²) in [6, 6.07) is 4.08. The number of allylic oxidation sites excluding steroid dienone is 1. The van der Waals surface area contributed by atoms with Crippen LogP contribution in [0.15, 0.2) is 47.6 Å². The molecule has 1 unspecified atom stereocenters. The number of hydrogen-bond donors (Lipinski definition) is 0. The topological polar surface area (TPSA) is 84.0 Å². The van der Waals surface area contributed by atoms with Crippen LogP contribution in [0.3, 0.4) is 0 Å². The first-order valence-electron chi connectivity index (χ1n) is 11.0. The van der Waals surface area contributed by atoms with Crippen LogP contribution >= 0.6 is 0 Å². The SMILES string of the molecule is COC(=O)C1=CC(C)(S(=O)(=O)N2CCN(C(=O)Cc3ccc(C(F)(F)F)cc3)CC2)CC(C(F)(F)F)=C1. The number of amides is 1. The fourth-order valence-electron chi connectivity index (χ4n) is 4.19. The molecule has 0 saturated carbocycles. The number of carbonyl (C=O) groups is 2. The van der Waals surface area contributed by atoms with Gasteiger partial charge in [0.1, 0.15) is 4.75 Å². The number of rotatable bonds is 5. The van der Waals surface area contributed by atoms with Crippen LogP contribution in [0.2, 0.25) is 0 Å². The number of alkyl halides is 6. The highest BCUT2D eigenvalue weighted by Crippen LogP contribution is 2.42. The second kappa shape index (κ2) is 10.1. The van der Waals surface area contributed by atoms with Crippen molar-refractivity contribution in [3.63, 3.8) is 0 Å². The first-order valence-corrected chi connectivity index (χ1v) is 12.4. The molecule has 1 atom stereocenters. The molecule has 1 amide bonds. The van der Waals surface area contributed by atoms with Crippen LogP contribution in [-0.2, 0) is 36.9 Å². The third kappa shape index (κ3) is 6.17. The third-order valence-electron chi connectivity index (χ3n) is 6.27. The minimum atomic E-state index is -4.87. The zero-order valence-corrected chi connectivity index (χ0v) is 20.6. The average Bonchev–Trinajstić information content (AvgIpc) is 2.82. The number of piperazine rings is 1. The highest BCUT2D eigenvalue weighted by atomic mass is 32.2. The Morgan fingerprint density at radius 2 is 1.54 bits per heavy atom. The highest BCUT2D eigenvalue weighted by molar-refractivity contribution is 7.90. The molecule has 0 aromatic heterocycles. The van der Waals surface area contributed by atoms with Crippen molar-refractivity contribution in [1.29, 1.82) is 0 Å². The van der Waals surface area contributed by atoms with Crippen LogP contribution in [0.5, 0.6) is 0 Å². The van der Waals surface area contributed by atoms with Gasteiger partial charge in [-0.1, -0.05) is 12.1 Å². The molecule has 0 N–H and O–H groups in total. The lowest BCUT2D eigenvalue weighted by Crippen LogP contribution is -2.55. The smallest absolute Gasteiger partial charge is 0.416 e. The Hall–Kier alpha value is -2.87. The van der Waals surface area contributed by atoms with Crippen molar-refractivity contribution in [2.45, 2.75) is 36.9 Å². The molecule has 7 nitrogen and oxygen atoms in total. The van der Waals surface area contributed by atoms with E-state index in [1.165, 1.54) is 17.0 Å². The molecule has 0 radical (unpaired) electrons. The summed E-state index contributed by atoms with van der Waals surface area (Å²) in [6.45, 7) is 0.549. The van der Waals surface area contributed by atoms with Crippen molar-refractivity contribution in [2.24, 2.45) is 0 Å². The lowest BCUT2D eigenvalue weighted by molar-refractivity contribution is -0.138. The van der Waals surface area contributed by atoms with Gasteiger partial charge in [0, 0.05) is 38.2 Å². The van der Waals surface area contributed by atoms with Gasteiger partial charge >= 0.3 is 18.3 Å². The number of halogens is 6. The zero-order valence-electron chi connectivity index (χ0n) is 19.8. The molecule has 1 aromatic rings. The van der Waals surface area contributed by atoms with Gasteiger partial charge in [0.05, 0.1) is 24.7 Å². The van der Waals surface area contributed by atoms with E-state index in [4.69, 9.17) is 0 Å². The standard InChI is InChI=1S/C23H24F6N2O5S/c1-21(13-16(20(33)36-2)12-18(14-21)23(27,28)29)37(34,35)31-9-7-30(8-10-31)19(32)11-15-3-5-17(6-4-15)22(24,25)26/h3-6,12-13H,7-11,14H2,1-2H3. The van der Waals surface area contributed by atoms with Crippen molar-refractivity contribution in [1.82, 2.24) is 9.21 Å². The fraction of sp³-hybridized carbons (Fsp3) is 0.478. The lowest BCUT2D eigenvalue weighted by Gasteiger charge is -2.40. The van der Waals surface area contributed by atoms with Crippen molar-refractivity contribution in [3.8, 4) is 0 Å². The van der Waals surface area contributed by atoms with Crippen molar-refractivity contribution in [3.05, 3.63) is 58.7 Å². The first kappa shape index (κ1) is 28.7.